The fourth-order valence-corrected chi connectivity index (χ4v) is 4.17. The van der Waals surface area contributed by atoms with Crippen LogP contribution in [0.4, 0.5) is 0 Å². The molecule has 0 radical (unpaired) electrons. The zero-order valence-corrected chi connectivity index (χ0v) is 13.6. The van der Waals surface area contributed by atoms with Gasteiger partial charge in [-0.2, -0.15) is 5.10 Å². The van der Waals surface area contributed by atoms with Gasteiger partial charge < -0.3 is 14.4 Å². The van der Waals surface area contributed by atoms with E-state index in [-0.39, 0.29) is 5.91 Å². The molecule has 120 valence electrons. The van der Waals surface area contributed by atoms with Crippen LogP contribution in [-0.2, 0) is 10.5 Å². The highest BCUT2D eigenvalue weighted by molar-refractivity contribution is 7.98. The van der Waals surface area contributed by atoms with E-state index >= 15 is 0 Å². The third-order valence-corrected chi connectivity index (χ3v) is 5.34. The number of fused-ring (bicyclic) bond motifs is 3. The van der Waals surface area contributed by atoms with Crippen molar-refractivity contribution in [2.24, 2.45) is 0 Å². The summed E-state index contributed by atoms with van der Waals surface area (Å²) in [5, 5.41) is 7.37. The molecule has 2 aliphatic rings. The molecule has 23 heavy (non-hydrogen) atoms. The summed E-state index contributed by atoms with van der Waals surface area (Å²) in [7, 11) is 1.67. The molecule has 0 spiro atoms. The molecule has 1 aromatic carbocycles. The van der Waals surface area contributed by atoms with E-state index in [0.717, 1.165) is 27.5 Å². The first kappa shape index (κ1) is 14.6. The van der Waals surface area contributed by atoms with Crippen LogP contribution in [0.5, 0.6) is 5.75 Å². The molecule has 1 aromatic heterocycles. The van der Waals surface area contributed by atoms with Crippen LogP contribution in [0.15, 0.2) is 23.1 Å². The predicted octanol–water partition coefficient (Wildman–Crippen LogP) is 2.16. The molecule has 0 bridgehead atoms. The van der Waals surface area contributed by atoms with Crippen LogP contribution in [0.2, 0.25) is 0 Å². The van der Waals surface area contributed by atoms with Gasteiger partial charge in [0.15, 0.2) is 0 Å². The highest BCUT2D eigenvalue weighted by Gasteiger charge is 2.29. The number of carbonyl (C=O) groups is 1. The smallest absolute Gasteiger partial charge is 0.272 e. The third kappa shape index (κ3) is 2.40. The largest absolute Gasteiger partial charge is 0.496 e. The van der Waals surface area contributed by atoms with Gasteiger partial charge in [-0.1, -0.05) is 12.1 Å². The molecule has 1 amide bonds. The minimum atomic E-state index is 0.00833. The van der Waals surface area contributed by atoms with Gasteiger partial charge in [-0.05, 0) is 6.07 Å². The van der Waals surface area contributed by atoms with Crippen molar-refractivity contribution in [1.82, 2.24) is 15.1 Å². The van der Waals surface area contributed by atoms with E-state index < -0.39 is 0 Å². The Morgan fingerprint density at radius 1 is 1.39 bits per heavy atom. The topological polar surface area (TPSA) is 67.5 Å². The van der Waals surface area contributed by atoms with Crippen molar-refractivity contribution in [3.05, 3.63) is 29.5 Å². The first-order valence-corrected chi connectivity index (χ1v) is 8.52. The van der Waals surface area contributed by atoms with E-state index in [1.165, 1.54) is 0 Å². The van der Waals surface area contributed by atoms with E-state index in [1.54, 1.807) is 18.9 Å². The number of aromatic nitrogens is 2. The number of rotatable bonds is 2. The Morgan fingerprint density at radius 2 is 2.22 bits per heavy atom. The van der Waals surface area contributed by atoms with E-state index in [1.807, 2.05) is 23.1 Å². The Balaban J connectivity index is 1.72. The van der Waals surface area contributed by atoms with E-state index in [9.17, 15) is 4.79 Å². The number of hydrogen-bond donors (Lipinski definition) is 1. The second-order valence-corrected chi connectivity index (χ2v) is 6.44. The lowest BCUT2D eigenvalue weighted by Gasteiger charge is -2.27. The lowest BCUT2D eigenvalue weighted by molar-refractivity contribution is 0.0298. The third-order valence-electron chi connectivity index (χ3n) is 4.19. The average molecular weight is 331 g/mol. The van der Waals surface area contributed by atoms with Crippen molar-refractivity contribution in [3.63, 3.8) is 0 Å². The van der Waals surface area contributed by atoms with Crippen LogP contribution >= 0.6 is 11.8 Å². The maximum atomic E-state index is 12.7. The Morgan fingerprint density at radius 3 is 3.00 bits per heavy atom. The minimum absolute atomic E-state index is 0.00833. The minimum Gasteiger partial charge on any atom is -0.496 e. The molecule has 1 fully saturated rings. The van der Waals surface area contributed by atoms with Gasteiger partial charge in [0.2, 0.25) is 0 Å². The van der Waals surface area contributed by atoms with Gasteiger partial charge in [-0.3, -0.25) is 9.89 Å². The summed E-state index contributed by atoms with van der Waals surface area (Å²) in [4.78, 5) is 15.6. The maximum absolute atomic E-state index is 12.7. The fourth-order valence-electron chi connectivity index (χ4n) is 2.99. The number of hydrogen-bond acceptors (Lipinski definition) is 5. The number of morpholine rings is 1. The average Bonchev–Trinajstić information content (AvgIpc) is 3.05. The Kier molecular flexibility index (Phi) is 3.74. The van der Waals surface area contributed by atoms with Crippen LogP contribution in [0, 0.1) is 0 Å². The fraction of sp³-hybridized carbons (Fsp3) is 0.375. The summed E-state index contributed by atoms with van der Waals surface area (Å²) in [5.74, 6) is 1.57. The SMILES string of the molecule is COc1cccc2c1SCc1c-2n[nH]c1C(=O)N1CCOCC1. The summed E-state index contributed by atoms with van der Waals surface area (Å²) in [5.41, 5.74) is 3.46. The number of H-pyrrole nitrogens is 1. The molecule has 7 heteroatoms. The maximum Gasteiger partial charge on any atom is 0.272 e. The van der Waals surface area contributed by atoms with Gasteiger partial charge in [-0.15, -0.1) is 11.8 Å². The van der Waals surface area contributed by atoms with Gasteiger partial charge >= 0.3 is 0 Å². The van der Waals surface area contributed by atoms with Crippen molar-refractivity contribution in [3.8, 4) is 17.0 Å². The van der Waals surface area contributed by atoms with Crippen LogP contribution < -0.4 is 4.74 Å². The van der Waals surface area contributed by atoms with E-state index in [0.29, 0.717) is 37.8 Å². The van der Waals surface area contributed by atoms with Gasteiger partial charge in [0, 0.05) is 30.0 Å². The van der Waals surface area contributed by atoms with Gasteiger partial charge in [0.05, 0.1) is 30.9 Å². The van der Waals surface area contributed by atoms with Crippen molar-refractivity contribution < 1.29 is 14.3 Å². The van der Waals surface area contributed by atoms with Crippen molar-refractivity contribution in [2.45, 2.75) is 10.6 Å². The standard InChI is InChI=1S/C16H17N3O3S/c1-21-12-4-2-3-10-13-11(9-23-15(10)12)14(18-17-13)16(20)19-5-7-22-8-6-19/h2-4H,5-9H2,1H3,(H,17,18). The number of thioether (sulfide) groups is 1. The molecule has 1 N–H and O–H groups in total. The quantitative estimate of drug-likeness (QED) is 0.913. The van der Waals surface area contributed by atoms with Crippen molar-refractivity contribution in [1.29, 1.82) is 0 Å². The van der Waals surface area contributed by atoms with Crippen LogP contribution in [-0.4, -0.2) is 54.4 Å². The Labute approximate surface area is 138 Å². The second kappa shape index (κ2) is 5.90. The van der Waals surface area contributed by atoms with Crippen molar-refractivity contribution in [2.75, 3.05) is 33.4 Å². The monoisotopic (exact) mass is 331 g/mol. The molecule has 0 unspecified atom stereocenters. The number of amides is 1. The molecule has 2 aliphatic heterocycles. The van der Waals surface area contributed by atoms with E-state index in [4.69, 9.17) is 9.47 Å². The number of aromatic amines is 1. The highest BCUT2D eigenvalue weighted by Crippen LogP contribution is 2.46. The first-order chi connectivity index (χ1) is 11.3. The number of methoxy groups -OCH3 is 1. The number of nitrogens with one attached hydrogen (secondary N) is 1. The second-order valence-electron chi connectivity index (χ2n) is 5.46. The van der Waals surface area contributed by atoms with Crippen LogP contribution in [0.25, 0.3) is 11.3 Å². The first-order valence-electron chi connectivity index (χ1n) is 7.54. The van der Waals surface area contributed by atoms with Crippen LogP contribution in [0.1, 0.15) is 16.1 Å². The predicted molar refractivity (Wildman–Crippen MR) is 86.9 cm³/mol. The molecular weight excluding hydrogens is 314 g/mol. The number of carbonyl (C=O) groups excluding carboxylic acids is 1. The molecule has 0 aliphatic carbocycles. The molecule has 3 heterocycles. The van der Waals surface area contributed by atoms with Gasteiger partial charge in [-0.25, -0.2) is 0 Å². The molecular formula is C16H17N3O3S. The van der Waals surface area contributed by atoms with E-state index in [2.05, 4.69) is 10.2 Å². The summed E-state index contributed by atoms with van der Waals surface area (Å²) < 4.78 is 10.7. The summed E-state index contributed by atoms with van der Waals surface area (Å²) >= 11 is 1.69. The molecule has 0 atom stereocenters. The lowest BCUT2D eigenvalue weighted by Crippen LogP contribution is -2.41. The molecule has 0 saturated carbocycles. The van der Waals surface area contributed by atoms with Gasteiger partial charge in [0.25, 0.3) is 5.91 Å². The van der Waals surface area contributed by atoms with Crippen molar-refractivity contribution >= 4 is 17.7 Å². The lowest BCUT2D eigenvalue weighted by atomic mass is 10.1. The molecule has 6 nitrogen and oxygen atoms in total. The molecule has 2 aromatic rings. The van der Waals surface area contributed by atoms with Crippen LogP contribution in [0.3, 0.4) is 0 Å². The number of ether oxygens (including phenoxy) is 2. The highest BCUT2D eigenvalue weighted by atomic mass is 32.2. The molecule has 1 saturated heterocycles. The molecule has 4 rings (SSSR count). The summed E-state index contributed by atoms with van der Waals surface area (Å²) in [6.07, 6.45) is 0. The zero-order valence-electron chi connectivity index (χ0n) is 12.8. The normalized spacial score (nSPS) is 16.7. The Bertz CT molecular complexity index is 753. The summed E-state index contributed by atoms with van der Waals surface area (Å²) in [6, 6.07) is 5.92. The zero-order chi connectivity index (χ0) is 15.8. The Hall–Kier alpha value is -1.99. The van der Waals surface area contributed by atoms with Gasteiger partial charge in [0.1, 0.15) is 11.4 Å². The summed E-state index contributed by atoms with van der Waals surface area (Å²) in [6.45, 7) is 2.45. The number of benzene rings is 1. The number of nitrogens with zero attached hydrogens (tertiary/aromatic N) is 2.